The standard InChI is InChI=1S/C23H24N6OS2/c1-14-21(32-23(26-14)27-22(30)18(24)10-12-31-2)15-6-8-17-19(28-29-20(17)13-15)9-7-16-5-3-4-11-25-16/h3-9,11,13,18H,10,12,24H2,1-2H3,(H,28,29)(H,26,27,30)/b9-7+. The van der Waals surface area contributed by atoms with Crippen molar-refractivity contribution in [1.29, 1.82) is 0 Å². The molecule has 0 radical (unpaired) electrons. The minimum atomic E-state index is -0.533. The van der Waals surface area contributed by atoms with Crippen molar-refractivity contribution in [2.24, 2.45) is 5.73 Å². The Morgan fingerprint density at radius 3 is 2.97 bits per heavy atom. The van der Waals surface area contributed by atoms with Crippen molar-refractivity contribution in [2.75, 3.05) is 17.3 Å². The van der Waals surface area contributed by atoms with Gasteiger partial charge in [0, 0.05) is 11.6 Å². The van der Waals surface area contributed by atoms with Gasteiger partial charge >= 0.3 is 0 Å². The molecule has 1 unspecified atom stereocenters. The molecule has 164 valence electrons. The molecule has 4 rings (SSSR count). The number of rotatable bonds is 8. The molecule has 1 atom stereocenters. The highest BCUT2D eigenvalue weighted by atomic mass is 32.2. The number of amides is 1. The fourth-order valence-electron chi connectivity index (χ4n) is 3.24. The summed E-state index contributed by atoms with van der Waals surface area (Å²) in [6.07, 6.45) is 8.29. The number of aromatic amines is 1. The molecule has 0 aliphatic carbocycles. The molecule has 1 amide bonds. The Kier molecular flexibility index (Phi) is 6.99. The van der Waals surface area contributed by atoms with Gasteiger partial charge in [-0.25, -0.2) is 4.98 Å². The van der Waals surface area contributed by atoms with Crippen LogP contribution in [-0.4, -0.2) is 44.1 Å². The van der Waals surface area contributed by atoms with E-state index in [9.17, 15) is 4.79 Å². The number of nitrogens with two attached hydrogens (primary N) is 1. The van der Waals surface area contributed by atoms with Crippen LogP contribution in [0.15, 0.2) is 42.6 Å². The zero-order valence-electron chi connectivity index (χ0n) is 17.8. The Labute approximate surface area is 194 Å². The molecule has 0 saturated heterocycles. The van der Waals surface area contributed by atoms with Gasteiger partial charge in [-0.1, -0.05) is 23.5 Å². The number of pyridine rings is 1. The number of carbonyl (C=O) groups is 1. The lowest BCUT2D eigenvalue weighted by atomic mass is 10.1. The average molecular weight is 465 g/mol. The number of aryl methyl sites for hydroxylation is 1. The monoisotopic (exact) mass is 464 g/mol. The molecule has 9 heteroatoms. The maximum Gasteiger partial charge on any atom is 0.243 e. The van der Waals surface area contributed by atoms with Crippen molar-refractivity contribution in [1.82, 2.24) is 20.2 Å². The molecule has 4 aromatic rings. The van der Waals surface area contributed by atoms with Gasteiger partial charge in [-0.15, -0.1) is 0 Å². The third kappa shape index (κ3) is 5.07. The number of anilines is 1. The van der Waals surface area contributed by atoms with Gasteiger partial charge in [0.05, 0.1) is 33.5 Å². The topological polar surface area (TPSA) is 110 Å². The van der Waals surface area contributed by atoms with Crippen LogP contribution < -0.4 is 11.1 Å². The molecule has 1 aromatic carbocycles. The minimum Gasteiger partial charge on any atom is -0.320 e. The first-order valence-corrected chi connectivity index (χ1v) is 12.4. The predicted molar refractivity (Wildman–Crippen MR) is 135 cm³/mol. The quantitative estimate of drug-likeness (QED) is 0.352. The van der Waals surface area contributed by atoms with E-state index in [1.807, 2.05) is 55.7 Å². The lowest BCUT2D eigenvalue weighted by Gasteiger charge is -2.09. The Hall–Kier alpha value is -3.01. The van der Waals surface area contributed by atoms with Crippen LogP contribution in [0.25, 0.3) is 33.5 Å². The van der Waals surface area contributed by atoms with Crippen molar-refractivity contribution >= 4 is 57.2 Å². The lowest BCUT2D eigenvalue weighted by molar-refractivity contribution is -0.117. The van der Waals surface area contributed by atoms with Crippen LogP contribution in [0.1, 0.15) is 23.5 Å². The second-order valence-electron chi connectivity index (χ2n) is 7.27. The van der Waals surface area contributed by atoms with E-state index in [1.54, 1.807) is 18.0 Å². The molecule has 0 aliphatic rings. The Balaban J connectivity index is 1.53. The maximum atomic E-state index is 12.3. The van der Waals surface area contributed by atoms with Gasteiger partial charge < -0.3 is 11.1 Å². The van der Waals surface area contributed by atoms with E-state index >= 15 is 0 Å². The Morgan fingerprint density at radius 2 is 2.19 bits per heavy atom. The number of benzene rings is 1. The molecule has 7 nitrogen and oxygen atoms in total. The van der Waals surface area contributed by atoms with Crippen LogP contribution in [0.2, 0.25) is 0 Å². The Bertz CT molecular complexity index is 1250. The molecule has 3 heterocycles. The fraction of sp³-hybridized carbons (Fsp3) is 0.217. The zero-order valence-corrected chi connectivity index (χ0v) is 19.5. The zero-order chi connectivity index (χ0) is 22.5. The minimum absolute atomic E-state index is 0.201. The van der Waals surface area contributed by atoms with Gasteiger partial charge in [0.15, 0.2) is 5.13 Å². The molecular formula is C23H24N6OS2. The number of nitrogens with one attached hydrogen (secondary N) is 2. The number of nitrogens with zero attached hydrogens (tertiary/aromatic N) is 3. The second kappa shape index (κ2) is 10.1. The first kappa shape index (κ1) is 22.2. The summed E-state index contributed by atoms with van der Waals surface area (Å²) in [6.45, 7) is 1.94. The van der Waals surface area contributed by atoms with E-state index in [2.05, 4.69) is 31.5 Å². The molecule has 0 aliphatic heterocycles. The molecule has 0 bridgehead atoms. The van der Waals surface area contributed by atoms with Crippen LogP contribution >= 0.6 is 23.1 Å². The summed E-state index contributed by atoms with van der Waals surface area (Å²) in [6, 6.07) is 11.4. The number of H-pyrrole nitrogens is 1. The van der Waals surface area contributed by atoms with E-state index < -0.39 is 6.04 Å². The summed E-state index contributed by atoms with van der Waals surface area (Å²) < 4.78 is 0. The van der Waals surface area contributed by atoms with Gasteiger partial charge in [0.1, 0.15) is 0 Å². The van der Waals surface area contributed by atoms with Crippen molar-refractivity contribution in [3.05, 3.63) is 59.7 Å². The highest BCUT2D eigenvalue weighted by molar-refractivity contribution is 7.98. The summed E-state index contributed by atoms with van der Waals surface area (Å²) in [5.41, 5.74) is 10.5. The number of hydrogen-bond donors (Lipinski definition) is 3. The SMILES string of the molecule is CSCCC(N)C(=O)Nc1nc(C)c(-c2ccc3c(/C=C/c4ccccn4)n[nH]c3c2)s1. The van der Waals surface area contributed by atoms with E-state index in [-0.39, 0.29) is 5.91 Å². The normalized spacial score (nSPS) is 12.5. The smallest absolute Gasteiger partial charge is 0.243 e. The third-order valence-corrected chi connectivity index (χ3v) is 6.72. The van der Waals surface area contributed by atoms with E-state index in [0.717, 1.165) is 44.2 Å². The maximum absolute atomic E-state index is 12.3. The number of carbonyl (C=O) groups excluding carboxylic acids is 1. The number of aromatic nitrogens is 4. The third-order valence-electron chi connectivity index (χ3n) is 4.95. The summed E-state index contributed by atoms with van der Waals surface area (Å²) in [5, 5.41) is 12.0. The van der Waals surface area contributed by atoms with Gasteiger partial charge in [0.2, 0.25) is 5.91 Å². The first-order valence-electron chi connectivity index (χ1n) is 10.2. The van der Waals surface area contributed by atoms with Crippen LogP contribution in [-0.2, 0) is 4.79 Å². The molecule has 0 saturated carbocycles. The molecule has 3 aromatic heterocycles. The van der Waals surface area contributed by atoms with Crippen molar-refractivity contribution < 1.29 is 4.79 Å². The lowest BCUT2D eigenvalue weighted by Crippen LogP contribution is -2.36. The number of hydrogen-bond acceptors (Lipinski definition) is 7. The van der Waals surface area contributed by atoms with E-state index in [4.69, 9.17) is 5.73 Å². The molecule has 0 fully saturated rings. The van der Waals surface area contributed by atoms with Crippen LogP contribution in [0.5, 0.6) is 0 Å². The first-order chi connectivity index (χ1) is 15.5. The largest absolute Gasteiger partial charge is 0.320 e. The van der Waals surface area contributed by atoms with Crippen molar-refractivity contribution in [3.8, 4) is 10.4 Å². The number of fused-ring (bicyclic) bond motifs is 1. The highest BCUT2D eigenvalue weighted by Gasteiger charge is 2.17. The van der Waals surface area contributed by atoms with Crippen molar-refractivity contribution in [3.63, 3.8) is 0 Å². The fourth-order valence-corrected chi connectivity index (χ4v) is 4.70. The average Bonchev–Trinajstić information content (AvgIpc) is 3.38. The summed E-state index contributed by atoms with van der Waals surface area (Å²) in [7, 11) is 0. The van der Waals surface area contributed by atoms with Gasteiger partial charge in [-0.3, -0.25) is 14.9 Å². The van der Waals surface area contributed by atoms with Gasteiger partial charge in [-0.05, 0) is 67.3 Å². The highest BCUT2D eigenvalue weighted by Crippen LogP contribution is 2.34. The van der Waals surface area contributed by atoms with Crippen LogP contribution in [0, 0.1) is 6.92 Å². The Morgan fingerprint density at radius 1 is 1.31 bits per heavy atom. The molecule has 32 heavy (non-hydrogen) atoms. The van der Waals surface area contributed by atoms with E-state index in [1.165, 1.54) is 11.3 Å². The number of thiazole rings is 1. The summed E-state index contributed by atoms with van der Waals surface area (Å²) >= 11 is 3.12. The van der Waals surface area contributed by atoms with Crippen LogP contribution in [0.4, 0.5) is 5.13 Å². The van der Waals surface area contributed by atoms with Gasteiger partial charge in [0.25, 0.3) is 0 Å². The molecular weight excluding hydrogens is 440 g/mol. The van der Waals surface area contributed by atoms with Crippen LogP contribution in [0.3, 0.4) is 0 Å². The summed E-state index contributed by atoms with van der Waals surface area (Å²) in [5.74, 6) is 0.646. The van der Waals surface area contributed by atoms with Crippen molar-refractivity contribution in [2.45, 2.75) is 19.4 Å². The molecule has 4 N–H and O–H groups in total. The predicted octanol–water partition coefficient (Wildman–Crippen LogP) is 4.58. The second-order valence-corrected chi connectivity index (χ2v) is 9.25. The summed E-state index contributed by atoms with van der Waals surface area (Å²) in [4.78, 5) is 22.1. The van der Waals surface area contributed by atoms with Gasteiger partial charge in [-0.2, -0.15) is 16.9 Å². The number of thioether (sulfide) groups is 1. The molecule has 0 spiro atoms. The van der Waals surface area contributed by atoms with E-state index in [0.29, 0.717) is 11.6 Å².